The second kappa shape index (κ2) is 4.18. The highest BCUT2D eigenvalue weighted by Crippen LogP contribution is 2.19. The minimum absolute atomic E-state index is 0.147. The Labute approximate surface area is 92.9 Å². The van der Waals surface area contributed by atoms with Gasteiger partial charge in [-0.2, -0.15) is 0 Å². The average Bonchev–Trinajstić information content (AvgIpc) is 2.27. The summed E-state index contributed by atoms with van der Waals surface area (Å²) in [5.41, 5.74) is 12.4. The topological polar surface area (TPSA) is 64.9 Å². The number of nitrogens with two attached hydrogens (primary N) is 2. The van der Waals surface area contributed by atoms with Gasteiger partial charge in [-0.05, 0) is 17.2 Å². The van der Waals surface area contributed by atoms with Crippen molar-refractivity contribution in [3.8, 4) is 0 Å². The minimum Gasteiger partial charge on any atom is -0.384 e. The zero-order valence-corrected chi connectivity index (χ0v) is 8.65. The number of rotatable bonds is 2. The second-order valence-corrected chi connectivity index (χ2v) is 3.57. The first kappa shape index (κ1) is 10.4. The molecule has 0 aliphatic heterocycles. The number of benzene rings is 1. The number of hydrogen-bond acceptors (Lipinski definition) is 3. The van der Waals surface area contributed by atoms with Gasteiger partial charge in [-0.15, -0.1) is 0 Å². The molecule has 0 bridgehead atoms. The monoisotopic (exact) mass is 217 g/mol. The fraction of sp³-hybridized carbons (Fsp3) is 0.0833. The first-order chi connectivity index (χ1) is 7.66. The largest absolute Gasteiger partial charge is 0.384 e. The van der Waals surface area contributed by atoms with E-state index in [-0.39, 0.29) is 11.6 Å². The molecule has 4 N–H and O–H groups in total. The summed E-state index contributed by atoms with van der Waals surface area (Å²) in [6, 6.07) is 11.1. The summed E-state index contributed by atoms with van der Waals surface area (Å²) in [4.78, 5) is 3.66. The second-order valence-electron chi connectivity index (χ2n) is 3.57. The third-order valence-electron chi connectivity index (χ3n) is 2.32. The maximum atomic E-state index is 13.6. The Morgan fingerprint density at radius 2 is 1.81 bits per heavy atom. The van der Waals surface area contributed by atoms with E-state index in [1.54, 1.807) is 0 Å². The molecule has 0 unspecified atom stereocenters. The highest BCUT2D eigenvalue weighted by Gasteiger charge is 2.09. The summed E-state index contributed by atoms with van der Waals surface area (Å²) in [5, 5.41) is 0. The van der Waals surface area contributed by atoms with Crippen molar-refractivity contribution in [3.05, 3.63) is 53.3 Å². The molecule has 82 valence electrons. The van der Waals surface area contributed by atoms with Crippen LogP contribution in [0.25, 0.3) is 0 Å². The van der Waals surface area contributed by atoms with Gasteiger partial charge < -0.3 is 11.5 Å². The Bertz CT molecular complexity index is 497. The van der Waals surface area contributed by atoms with Crippen LogP contribution in [0.5, 0.6) is 0 Å². The van der Waals surface area contributed by atoms with E-state index in [0.29, 0.717) is 12.0 Å². The maximum Gasteiger partial charge on any atom is 0.168 e. The van der Waals surface area contributed by atoms with Gasteiger partial charge in [0.05, 0.1) is 0 Å². The van der Waals surface area contributed by atoms with E-state index in [9.17, 15) is 4.39 Å². The molecule has 1 aromatic carbocycles. The quantitative estimate of drug-likeness (QED) is 0.808. The van der Waals surface area contributed by atoms with Crippen LogP contribution in [0, 0.1) is 5.82 Å². The van der Waals surface area contributed by atoms with E-state index in [2.05, 4.69) is 4.98 Å². The smallest absolute Gasteiger partial charge is 0.168 e. The molecule has 2 aromatic rings. The van der Waals surface area contributed by atoms with E-state index in [1.807, 2.05) is 30.3 Å². The number of pyridine rings is 1. The molecule has 0 saturated carbocycles. The molecule has 0 spiro atoms. The van der Waals surface area contributed by atoms with E-state index in [1.165, 1.54) is 6.07 Å². The van der Waals surface area contributed by atoms with Crippen molar-refractivity contribution >= 4 is 11.6 Å². The summed E-state index contributed by atoms with van der Waals surface area (Å²) in [7, 11) is 0. The Hall–Kier alpha value is -2.10. The van der Waals surface area contributed by atoms with Crippen LogP contribution in [0.3, 0.4) is 0 Å². The number of nitrogens with zero attached hydrogens (tertiary/aromatic N) is 1. The van der Waals surface area contributed by atoms with E-state index in [0.717, 1.165) is 5.56 Å². The predicted octanol–water partition coefficient (Wildman–Crippen LogP) is 1.98. The van der Waals surface area contributed by atoms with Gasteiger partial charge in [0.25, 0.3) is 0 Å². The molecule has 2 rings (SSSR count). The third-order valence-corrected chi connectivity index (χ3v) is 2.32. The zero-order valence-electron chi connectivity index (χ0n) is 8.65. The fourth-order valence-electron chi connectivity index (χ4n) is 1.57. The molecule has 4 heteroatoms. The van der Waals surface area contributed by atoms with Crippen molar-refractivity contribution in [3.63, 3.8) is 0 Å². The Balaban J connectivity index is 2.35. The Morgan fingerprint density at radius 3 is 2.50 bits per heavy atom. The molecular formula is C12H12FN3. The summed E-state index contributed by atoms with van der Waals surface area (Å²) in [6.45, 7) is 0. The molecule has 1 heterocycles. The molecule has 16 heavy (non-hydrogen) atoms. The molecule has 3 nitrogen and oxygen atoms in total. The van der Waals surface area contributed by atoms with Crippen LogP contribution in [0.15, 0.2) is 36.4 Å². The first-order valence-electron chi connectivity index (χ1n) is 4.91. The SMILES string of the molecule is Nc1cc(Cc2ccccc2)c(F)c(N)n1. The zero-order chi connectivity index (χ0) is 11.5. The summed E-state index contributed by atoms with van der Waals surface area (Å²) < 4.78 is 13.6. The summed E-state index contributed by atoms with van der Waals surface area (Å²) >= 11 is 0. The molecule has 0 fully saturated rings. The van der Waals surface area contributed by atoms with Crippen LogP contribution < -0.4 is 11.5 Å². The normalized spacial score (nSPS) is 10.3. The minimum atomic E-state index is -0.488. The van der Waals surface area contributed by atoms with E-state index in [4.69, 9.17) is 11.5 Å². The molecule has 0 amide bonds. The van der Waals surface area contributed by atoms with Crippen LogP contribution in [0.1, 0.15) is 11.1 Å². The molecule has 0 saturated heterocycles. The van der Waals surface area contributed by atoms with Crippen LogP contribution in [0.4, 0.5) is 16.0 Å². The van der Waals surface area contributed by atoms with Crippen LogP contribution in [0.2, 0.25) is 0 Å². The van der Waals surface area contributed by atoms with Gasteiger partial charge >= 0.3 is 0 Å². The van der Waals surface area contributed by atoms with Gasteiger partial charge in [0.2, 0.25) is 0 Å². The van der Waals surface area contributed by atoms with Crippen LogP contribution in [-0.2, 0) is 6.42 Å². The van der Waals surface area contributed by atoms with Crippen molar-refractivity contribution < 1.29 is 4.39 Å². The average molecular weight is 217 g/mol. The highest BCUT2D eigenvalue weighted by atomic mass is 19.1. The molecular weight excluding hydrogens is 205 g/mol. The number of nitrogen functional groups attached to an aromatic ring is 2. The Kier molecular flexibility index (Phi) is 2.72. The van der Waals surface area contributed by atoms with Crippen molar-refractivity contribution in [1.82, 2.24) is 4.98 Å². The van der Waals surface area contributed by atoms with E-state index < -0.39 is 5.82 Å². The fourth-order valence-corrected chi connectivity index (χ4v) is 1.57. The number of halogens is 1. The summed E-state index contributed by atoms with van der Waals surface area (Å²) in [5.74, 6) is -0.395. The molecule has 0 atom stereocenters. The number of aromatic nitrogens is 1. The maximum absolute atomic E-state index is 13.6. The van der Waals surface area contributed by atoms with Gasteiger partial charge in [-0.25, -0.2) is 9.37 Å². The van der Waals surface area contributed by atoms with E-state index >= 15 is 0 Å². The Morgan fingerprint density at radius 1 is 1.12 bits per heavy atom. The van der Waals surface area contributed by atoms with Gasteiger partial charge in [-0.1, -0.05) is 30.3 Å². The van der Waals surface area contributed by atoms with Gasteiger partial charge in [0, 0.05) is 6.42 Å². The van der Waals surface area contributed by atoms with Gasteiger partial charge in [0.15, 0.2) is 11.6 Å². The van der Waals surface area contributed by atoms with Crippen LogP contribution >= 0.6 is 0 Å². The number of hydrogen-bond donors (Lipinski definition) is 2. The van der Waals surface area contributed by atoms with Crippen LogP contribution in [-0.4, -0.2) is 4.98 Å². The lowest BCUT2D eigenvalue weighted by molar-refractivity contribution is 0.614. The lowest BCUT2D eigenvalue weighted by Crippen LogP contribution is -2.04. The first-order valence-corrected chi connectivity index (χ1v) is 4.91. The predicted molar refractivity (Wildman–Crippen MR) is 62.3 cm³/mol. The lowest BCUT2D eigenvalue weighted by Gasteiger charge is -2.06. The summed E-state index contributed by atoms with van der Waals surface area (Å²) in [6.07, 6.45) is 0.462. The highest BCUT2D eigenvalue weighted by molar-refractivity contribution is 5.46. The molecule has 0 radical (unpaired) electrons. The van der Waals surface area contributed by atoms with Crippen molar-refractivity contribution in [2.75, 3.05) is 11.5 Å². The standard InChI is InChI=1S/C12H12FN3/c13-11-9(7-10(14)16-12(11)15)6-8-4-2-1-3-5-8/h1-5,7H,6H2,(H4,14,15,16). The third kappa shape index (κ3) is 2.11. The number of anilines is 2. The molecule has 0 aliphatic rings. The molecule has 1 aromatic heterocycles. The van der Waals surface area contributed by atoms with Crippen molar-refractivity contribution in [2.45, 2.75) is 6.42 Å². The molecule has 0 aliphatic carbocycles. The van der Waals surface area contributed by atoms with Gasteiger partial charge in [-0.3, -0.25) is 0 Å². The van der Waals surface area contributed by atoms with Crippen molar-refractivity contribution in [1.29, 1.82) is 0 Å². The lowest BCUT2D eigenvalue weighted by atomic mass is 10.1. The van der Waals surface area contributed by atoms with Crippen molar-refractivity contribution in [2.24, 2.45) is 0 Å². The van der Waals surface area contributed by atoms with Gasteiger partial charge in [0.1, 0.15) is 5.82 Å².